The fraction of sp³-hybridized carbons (Fsp3) is 0.250. The van der Waals surface area contributed by atoms with E-state index < -0.39 is 0 Å². The molecule has 0 saturated carbocycles. The van der Waals surface area contributed by atoms with E-state index in [2.05, 4.69) is 26.2 Å². The van der Waals surface area contributed by atoms with Crippen molar-refractivity contribution in [2.45, 2.75) is 13.0 Å². The van der Waals surface area contributed by atoms with Crippen LogP contribution in [0.5, 0.6) is 0 Å². The maximum absolute atomic E-state index is 6.15. The third-order valence-electron chi connectivity index (χ3n) is 2.52. The monoisotopic (exact) mass is 314 g/mol. The molecule has 1 heterocycles. The molecule has 0 saturated heterocycles. The minimum absolute atomic E-state index is 0.0815. The van der Waals surface area contributed by atoms with Gasteiger partial charge in [-0.15, -0.1) is 0 Å². The predicted molar refractivity (Wildman–Crippen MR) is 72.1 cm³/mol. The molecule has 1 aromatic carbocycles. The molecule has 5 heteroatoms. The molecule has 3 nitrogen and oxygen atoms in total. The highest BCUT2D eigenvalue weighted by Gasteiger charge is 2.13. The Morgan fingerprint density at radius 1 is 1.47 bits per heavy atom. The van der Waals surface area contributed by atoms with E-state index in [1.165, 1.54) is 0 Å². The van der Waals surface area contributed by atoms with Gasteiger partial charge in [-0.3, -0.25) is 0 Å². The van der Waals surface area contributed by atoms with Gasteiger partial charge >= 0.3 is 0 Å². The standard InChI is InChI=1S/C12H12BrClN2O/c1-7(15-2)12-16-6-11(17-12)9-4-3-8(13)5-10(9)14/h3-7,15H,1-2H3. The quantitative estimate of drug-likeness (QED) is 0.929. The maximum Gasteiger partial charge on any atom is 0.211 e. The number of halogens is 2. The summed E-state index contributed by atoms with van der Waals surface area (Å²) in [7, 11) is 1.86. The molecule has 0 aliphatic rings. The van der Waals surface area contributed by atoms with E-state index in [9.17, 15) is 0 Å². The lowest BCUT2D eigenvalue weighted by Crippen LogP contribution is -2.12. The molecule has 0 spiro atoms. The zero-order valence-corrected chi connectivity index (χ0v) is 11.8. The first-order valence-corrected chi connectivity index (χ1v) is 6.37. The molecule has 2 rings (SSSR count). The minimum Gasteiger partial charge on any atom is -0.439 e. The number of nitrogens with one attached hydrogen (secondary N) is 1. The molecule has 0 amide bonds. The fourth-order valence-corrected chi connectivity index (χ4v) is 2.19. The van der Waals surface area contributed by atoms with Crippen molar-refractivity contribution in [2.75, 3.05) is 7.05 Å². The highest BCUT2D eigenvalue weighted by molar-refractivity contribution is 9.10. The molecule has 1 unspecified atom stereocenters. The highest BCUT2D eigenvalue weighted by atomic mass is 79.9. The summed E-state index contributed by atoms with van der Waals surface area (Å²) in [6.07, 6.45) is 1.69. The Bertz CT molecular complexity index is 527. The summed E-state index contributed by atoms with van der Waals surface area (Å²) < 4.78 is 6.61. The Hall–Kier alpha value is -0.840. The fourth-order valence-electron chi connectivity index (χ4n) is 1.43. The van der Waals surface area contributed by atoms with E-state index in [0.717, 1.165) is 10.0 Å². The summed E-state index contributed by atoms with van der Waals surface area (Å²) in [5.41, 5.74) is 0.844. The molecule has 2 aromatic rings. The molecule has 1 atom stereocenters. The van der Waals surface area contributed by atoms with Gasteiger partial charge < -0.3 is 9.73 Å². The van der Waals surface area contributed by atoms with Crippen molar-refractivity contribution in [1.29, 1.82) is 0 Å². The molecule has 90 valence electrons. The van der Waals surface area contributed by atoms with Crippen molar-refractivity contribution >= 4 is 27.5 Å². The number of rotatable bonds is 3. The van der Waals surface area contributed by atoms with Crippen LogP contribution in [0.1, 0.15) is 18.9 Å². The van der Waals surface area contributed by atoms with Crippen LogP contribution in [-0.4, -0.2) is 12.0 Å². The largest absolute Gasteiger partial charge is 0.439 e. The first-order chi connectivity index (χ1) is 8.11. The van der Waals surface area contributed by atoms with E-state index in [1.54, 1.807) is 6.20 Å². The predicted octanol–water partition coefficient (Wildman–Crippen LogP) is 4.04. The van der Waals surface area contributed by atoms with E-state index >= 15 is 0 Å². The van der Waals surface area contributed by atoms with Crippen molar-refractivity contribution in [1.82, 2.24) is 10.3 Å². The lowest BCUT2D eigenvalue weighted by atomic mass is 10.2. The highest BCUT2D eigenvalue weighted by Crippen LogP contribution is 2.31. The summed E-state index contributed by atoms with van der Waals surface area (Å²) in [4.78, 5) is 4.23. The van der Waals surface area contributed by atoms with E-state index in [4.69, 9.17) is 16.0 Å². The topological polar surface area (TPSA) is 38.1 Å². The first-order valence-electron chi connectivity index (χ1n) is 5.20. The van der Waals surface area contributed by atoms with Crippen LogP contribution in [0.3, 0.4) is 0 Å². The molecule has 0 bridgehead atoms. The van der Waals surface area contributed by atoms with Crippen LogP contribution in [-0.2, 0) is 0 Å². The van der Waals surface area contributed by atoms with Gasteiger partial charge in [0.1, 0.15) is 0 Å². The van der Waals surface area contributed by atoms with Crippen LogP contribution < -0.4 is 5.32 Å². The van der Waals surface area contributed by atoms with Gasteiger partial charge in [-0.05, 0) is 32.2 Å². The Labute approximate surface area is 113 Å². The molecular formula is C12H12BrClN2O. The Morgan fingerprint density at radius 3 is 2.88 bits per heavy atom. The second-order valence-electron chi connectivity index (χ2n) is 3.70. The Kier molecular flexibility index (Phi) is 3.86. The molecule has 1 aromatic heterocycles. The number of hydrogen-bond acceptors (Lipinski definition) is 3. The van der Waals surface area contributed by atoms with Gasteiger partial charge in [0.15, 0.2) is 5.76 Å². The van der Waals surface area contributed by atoms with Crippen molar-refractivity contribution in [3.8, 4) is 11.3 Å². The first kappa shape index (κ1) is 12.6. The van der Waals surface area contributed by atoms with Crippen LogP contribution in [0.2, 0.25) is 5.02 Å². The average Bonchev–Trinajstić information content (AvgIpc) is 2.77. The number of oxazole rings is 1. The van der Waals surface area contributed by atoms with E-state index in [1.807, 2.05) is 32.2 Å². The molecular weight excluding hydrogens is 304 g/mol. The van der Waals surface area contributed by atoms with Crippen LogP contribution in [0.4, 0.5) is 0 Å². The van der Waals surface area contributed by atoms with E-state index in [-0.39, 0.29) is 6.04 Å². The van der Waals surface area contributed by atoms with Crippen molar-refractivity contribution in [3.05, 3.63) is 39.8 Å². The second kappa shape index (κ2) is 5.21. The molecule has 1 N–H and O–H groups in total. The van der Waals surface area contributed by atoms with Gasteiger partial charge in [-0.1, -0.05) is 27.5 Å². The summed E-state index contributed by atoms with van der Waals surface area (Å²) in [5.74, 6) is 1.33. The van der Waals surface area contributed by atoms with Crippen molar-refractivity contribution in [2.24, 2.45) is 0 Å². The average molecular weight is 316 g/mol. The zero-order chi connectivity index (χ0) is 12.4. The van der Waals surface area contributed by atoms with Gasteiger partial charge in [-0.25, -0.2) is 4.98 Å². The van der Waals surface area contributed by atoms with Crippen molar-refractivity contribution < 1.29 is 4.42 Å². The Morgan fingerprint density at radius 2 is 2.24 bits per heavy atom. The van der Waals surface area contributed by atoms with Crippen LogP contribution >= 0.6 is 27.5 Å². The molecule has 0 fully saturated rings. The lowest BCUT2D eigenvalue weighted by Gasteiger charge is -2.04. The van der Waals surface area contributed by atoms with Gasteiger partial charge in [0.05, 0.1) is 17.3 Å². The molecule has 17 heavy (non-hydrogen) atoms. The van der Waals surface area contributed by atoms with E-state index in [0.29, 0.717) is 16.7 Å². The van der Waals surface area contributed by atoms with Gasteiger partial charge in [-0.2, -0.15) is 0 Å². The minimum atomic E-state index is 0.0815. The lowest BCUT2D eigenvalue weighted by molar-refractivity contribution is 0.441. The van der Waals surface area contributed by atoms with Gasteiger partial charge in [0.2, 0.25) is 5.89 Å². The summed E-state index contributed by atoms with van der Waals surface area (Å²) in [6, 6.07) is 5.74. The molecule has 0 aliphatic carbocycles. The smallest absolute Gasteiger partial charge is 0.211 e. The molecule has 0 aliphatic heterocycles. The number of benzene rings is 1. The SMILES string of the molecule is CNC(C)c1ncc(-c2ccc(Br)cc2Cl)o1. The maximum atomic E-state index is 6.15. The number of nitrogens with zero attached hydrogens (tertiary/aromatic N) is 1. The summed E-state index contributed by atoms with van der Waals surface area (Å²) >= 11 is 9.52. The van der Waals surface area contributed by atoms with Crippen molar-refractivity contribution in [3.63, 3.8) is 0 Å². The van der Waals surface area contributed by atoms with Gasteiger partial charge in [0.25, 0.3) is 0 Å². The number of hydrogen-bond donors (Lipinski definition) is 1. The Balaban J connectivity index is 2.37. The third kappa shape index (κ3) is 2.70. The van der Waals surface area contributed by atoms with Gasteiger partial charge in [0, 0.05) is 10.0 Å². The number of aromatic nitrogens is 1. The van der Waals surface area contributed by atoms with Crippen LogP contribution in [0.25, 0.3) is 11.3 Å². The normalized spacial score (nSPS) is 12.7. The molecule has 0 radical (unpaired) electrons. The summed E-state index contributed by atoms with van der Waals surface area (Å²) in [5, 5.41) is 3.71. The summed E-state index contributed by atoms with van der Waals surface area (Å²) in [6.45, 7) is 1.98. The van der Waals surface area contributed by atoms with Crippen LogP contribution in [0.15, 0.2) is 33.3 Å². The van der Waals surface area contributed by atoms with Crippen LogP contribution in [0, 0.1) is 0 Å². The zero-order valence-electron chi connectivity index (χ0n) is 9.50. The second-order valence-corrected chi connectivity index (χ2v) is 5.02. The third-order valence-corrected chi connectivity index (χ3v) is 3.33.